The molecule has 0 saturated heterocycles. The second-order valence-electron chi connectivity index (χ2n) is 7.63. The molecule has 0 spiro atoms. The Morgan fingerprint density at radius 2 is 1.75 bits per heavy atom. The van der Waals surface area contributed by atoms with E-state index in [2.05, 4.69) is 4.98 Å². The molecule has 0 aliphatic carbocycles. The summed E-state index contributed by atoms with van der Waals surface area (Å²) >= 11 is 0. The van der Waals surface area contributed by atoms with Crippen LogP contribution < -0.4 is 15.4 Å². The summed E-state index contributed by atoms with van der Waals surface area (Å²) in [6, 6.07) is 4.27. The number of ether oxygens (including phenoxy) is 1. The summed E-state index contributed by atoms with van der Waals surface area (Å²) in [6.45, 7) is 1.14. The molecule has 190 valence electrons. The summed E-state index contributed by atoms with van der Waals surface area (Å²) < 4.78 is 83.9. The molecule has 36 heavy (non-hydrogen) atoms. The second kappa shape index (κ2) is 9.57. The van der Waals surface area contributed by atoms with Crippen molar-refractivity contribution < 1.29 is 40.3 Å². The molecule has 0 aliphatic heterocycles. The maximum atomic E-state index is 13.7. The van der Waals surface area contributed by atoms with E-state index in [0.29, 0.717) is 23.3 Å². The Morgan fingerprint density at radius 3 is 2.31 bits per heavy atom. The monoisotopic (exact) mass is 525 g/mol. The highest BCUT2D eigenvalue weighted by Crippen LogP contribution is 2.38. The van der Waals surface area contributed by atoms with Crippen LogP contribution >= 0.6 is 0 Å². The molecule has 0 atom stereocenters. The van der Waals surface area contributed by atoms with Crippen molar-refractivity contribution in [2.45, 2.75) is 18.0 Å². The number of nitrogens with two attached hydrogens (primary N) is 1. The van der Waals surface area contributed by atoms with Gasteiger partial charge in [0, 0.05) is 35.2 Å². The van der Waals surface area contributed by atoms with E-state index >= 15 is 0 Å². The molecule has 2 N–H and O–H groups in total. The van der Waals surface area contributed by atoms with Crippen LogP contribution in [0.5, 0.6) is 5.75 Å². The van der Waals surface area contributed by atoms with Gasteiger partial charge in [0.2, 0.25) is 0 Å². The number of primary amides is 1. The van der Waals surface area contributed by atoms with Gasteiger partial charge in [-0.3, -0.25) is 9.78 Å². The largest absolute Gasteiger partial charge is 0.496 e. The fourth-order valence-corrected chi connectivity index (χ4v) is 4.59. The van der Waals surface area contributed by atoms with Gasteiger partial charge in [0.25, 0.3) is 5.91 Å². The molecule has 0 aliphatic rings. The fourth-order valence-electron chi connectivity index (χ4n) is 3.59. The number of hydrogen-bond acceptors (Lipinski definition) is 6. The Labute approximate surface area is 203 Å². The first-order chi connectivity index (χ1) is 16.7. The topological polar surface area (TPSA) is 120 Å². The van der Waals surface area contributed by atoms with Crippen molar-refractivity contribution in [2.24, 2.45) is 5.73 Å². The van der Waals surface area contributed by atoms with Crippen LogP contribution in [0.25, 0.3) is 11.1 Å². The van der Waals surface area contributed by atoms with E-state index in [-0.39, 0.29) is 28.1 Å². The van der Waals surface area contributed by atoms with Crippen molar-refractivity contribution in [2.75, 3.05) is 18.3 Å². The van der Waals surface area contributed by atoms with Crippen LogP contribution in [0.2, 0.25) is 0 Å². The molecule has 0 radical (unpaired) electrons. The number of methoxy groups -OCH3 is 1. The van der Waals surface area contributed by atoms with Crippen molar-refractivity contribution in [1.29, 1.82) is 0 Å². The van der Waals surface area contributed by atoms with E-state index in [0.717, 1.165) is 25.3 Å². The fraction of sp³-hybridized carbons (Fsp3) is 0.174. The van der Waals surface area contributed by atoms with Gasteiger partial charge in [0.15, 0.2) is 9.84 Å². The van der Waals surface area contributed by atoms with Gasteiger partial charge in [0.1, 0.15) is 11.6 Å². The van der Waals surface area contributed by atoms with Crippen molar-refractivity contribution in [3.05, 3.63) is 71.3 Å². The van der Waals surface area contributed by atoms with Gasteiger partial charge in [-0.25, -0.2) is 22.5 Å². The summed E-state index contributed by atoms with van der Waals surface area (Å²) in [6.07, 6.45) is -1.96. The molecule has 3 amide bonds. The standard InChI is InChI=1S/C23H19F4N3O5S/c1-12-17(8-13(23(25,26)27)9-20(12)36(3,33)34)21(31)30(22(28)32)18-11-29-7-6-15(18)16-5-4-14(24)10-19(16)35-2/h4-11H,1-3H3,(H2,28,32). The zero-order valence-electron chi connectivity index (χ0n) is 19.1. The third-order valence-corrected chi connectivity index (χ3v) is 6.46. The van der Waals surface area contributed by atoms with Gasteiger partial charge in [-0.1, -0.05) is 0 Å². The van der Waals surface area contributed by atoms with E-state index in [1.807, 2.05) is 0 Å². The third-order valence-electron chi connectivity index (χ3n) is 5.24. The van der Waals surface area contributed by atoms with Crippen LogP contribution in [0.1, 0.15) is 21.5 Å². The number of imide groups is 1. The van der Waals surface area contributed by atoms with E-state index in [1.54, 1.807) is 0 Å². The van der Waals surface area contributed by atoms with Gasteiger partial charge in [-0.15, -0.1) is 0 Å². The Balaban J connectivity index is 2.30. The van der Waals surface area contributed by atoms with Crippen LogP contribution in [-0.2, 0) is 16.0 Å². The van der Waals surface area contributed by atoms with Crippen molar-refractivity contribution >= 4 is 27.5 Å². The smallest absolute Gasteiger partial charge is 0.416 e. The highest BCUT2D eigenvalue weighted by molar-refractivity contribution is 7.90. The average Bonchev–Trinajstić information content (AvgIpc) is 2.77. The van der Waals surface area contributed by atoms with Gasteiger partial charge in [-0.2, -0.15) is 13.2 Å². The van der Waals surface area contributed by atoms with E-state index in [9.17, 15) is 35.6 Å². The predicted octanol–water partition coefficient (Wildman–Crippen LogP) is 4.35. The van der Waals surface area contributed by atoms with Gasteiger partial charge in [-0.05, 0) is 42.8 Å². The van der Waals surface area contributed by atoms with Crippen molar-refractivity contribution in [1.82, 2.24) is 4.98 Å². The lowest BCUT2D eigenvalue weighted by atomic mass is 10.0. The maximum absolute atomic E-state index is 13.7. The number of anilines is 1. The number of hydrogen-bond donors (Lipinski definition) is 1. The Bertz CT molecular complexity index is 1470. The molecule has 0 fully saturated rings. The van der Waals surface area contributed by atoms with E-state index in [1.165, 1.54) is 25.4 Å². The third kappa shape index (κ3) is 5.15. The Morgan fingerprint density at radius 1 is 1.08 bits per heavy atom. The predicted molar refractivity (Wildman–Crippen MR) is 122 cm³/mol. The zero-order valence-corrected chi connectivity index (χ0v) is 19.9. The SMILES string of the molecule is COc1cc(F)ccc1-c1ccncc1N(C(N)=O)C(=O)c1cc(C(F)(F)F)cc(S(C)(=O)=O)c1C. The van der Waals surface area contributed by atoms with Gasteiger partial charge in [0.05, 0.1) is 29.5 Å². The summed E-state index contributed by atoms with van der Waals surface area (Å²) in [4.78, 5) is 29.4. The number of alkyl halides is 3. The lowest BCUT2D eigenvalue weighted by molar-refractivity contribution is -0.137. The van der Waals surface area contributed by atoms with Gasteiger partial charge < -0.3 is 10.5 Å². The molecule has 1 heterocycles. The molecular weight excluding hydrogens is 506 g/mol. The first-order valence-electron chi connectivity index (χ1n) is 10.0. The molecule has 2 aromatic carbocycles. The number of carbonyl (C=O) groups excluding carboxylic acids is 2. The lowest BCUT2D eigenvalue weighted by Crippen LogP contribution is -2.41. The van der Waals surface area contributed by atoms with Gasteiger partial charge >= 0.3 is 12.2 Å². The molecule has 0 bridgehead atoms. The van der Waals surface area contributed by atoms with Crippen LogP contribution in [0.3, 0.4) is 0 Å². The molecule has 13 heteroatoms. The number of urea groups is 1. The number of aromatic nitrogens is 1. The number of benzene rings is 2. The maximum Gasteiger partial charge on any atom is 0.416 e. The Hall–Kier alpha value is -4.00. The number of halogens is 4. The number of amides is 3. The second-order valence-corrected chi connectivity index (χ2v) is 9.62. The summed E-state index contributed by atoms with van der Waals surface area (Å²) in [5, 5.41) is 0. The van der Waals surface area contributed by atoms with Crippen LogP contribution in [0.15, 0.2) is 53.7 Å². The number of sulfone groups is 1. The van der Waals surface area contributed by atoms with Crippen molar-refractivity contribution in [3.8, 4) is 16.9 Å². The molecule has 3 aromatic rings. The normalized spacial score (nSPS) is 11.8. The number of nitrogens with zero attached hydrogens (tertiary/aromatic N) is 2. The number of rotatable bonds is 5. The highest BCUT2D eigenvalue weighted by Gasteiger charge is 2.36. The minimum atomic E-state index is -5.00. The summed E-state index contributed by atoms with van der Waals surface area (Å²) in [5.41, 5.74) is 3.09. The summed E-state index contributed by atoms with van der Waals surface area (Å²) in [5.74, 6) is -1.94. The first kappa shape index (κ1) is 26.6. The van der Waals surface area contributed by atoms with E-state index in [4.69, 9.17) is 10.5 Å². The van der Waals surface area contributed by atoms with Crippen LogP contribution in [-0.4, -0.2) is 38.7 Å². The minimum Gasteiger partial charge on any atom is -0.496 e. The lowest BCUT2D eigenvalue weighted by Gasteiger charge is -2.24. The molecule has 8 nitrogen and oxygen atoms in total. The molecule has 0 saturated carbocycles. The minimum absolute atomic E-state index is 0.0222. The number of carbonyl (C=O) groups is 2. The zero-order chi connectivity index (χ0) is 27.0. The first-order valence-corrected chi connectivity index (χ1v) is 11.9. The quantitative estimate of drug-likeness (QED) is 0.495. The van der Waals surface area contributed by atoms with Crippen LogP contribution in [0, 0.1) is 12.7 Å². The molecule has 1 aromatic heterocycles. The summed E-state index contributed by atoms with van der Waals surface area (Å²) in [7, 11) is -2.94. The molecular formula is C23H19F4N3O5S. The number of pyridine rings is 1. The van der Waals surface area contributed by atoms with E-state index < -0.39 is 49.8 Å². The highest BCUT2D eigenvalue weighted by atomic mass is 32.2. The Kier molecular flexibility index (Phi) is 7.07. The molecule has 3 rings (SSSR count). The average molecular weight is 525 g/mol. The van der Waals surface area contributed by atoms with Crippen LogP contribution in [0.4, 0.5) is 28.0 Å². The molecule has 0 unspecified atom stereocenters. The van der Waals surface area contributed by atoms with Crippen molar-refractivity contribution in [3.63, 3.8) is 0 Å².